The Bertz CT molecular complexity index is 1090. The van der Waals surface area contributed by atoms with Crippen molar-refractivity contribution >= 4 is 33.5 Å². The third kappa shape index (κ3) is 4.22. The second kappa shape index (κ2) is 9.00. The number of hydrogen-bond donors (Lipinski definition) is 0. The molecule has 0 amide bonds. The van der Waals surface area contributed by atoms with Crippen molar-refractivity contribution in [2.24, 2.45) is 0 Å². The first-order valence-electron chi connectivity index (χ1n) is 9.35. The molecule has 3 aromatic rings. The van der Waals surface area contributed by atoms with E-state index in [2.05, 4.69) is 4.98 Å². The minimum Gasteiger partial charge on any atom is -0.464 e. The molecule has 2 aromatic heterocycles. The molecule has 0 fully saturated rings. The molecule has 0 aliphatic rings. The van der Waals surface area contributed by atoms with Gasteiger partial charge < -0.3 is 9.47 Å². The summed E-state index contributed by atoms with van der Waals surface area (Å²) >= 11 is 1.11. The fraction of sp³-hybridized carbons (Fsp3) is 0.333. The molecule has 2 heterocycles. The van der Waals surface area contributed by atoms with Gasteiger partial charge in [-0.2, -0.15) is 0 Å². The van der Waals surface area contributed by atoms with Crippen LogP contribution in [0.15, 0.2) is 41.5 Å². The number of fused-ring (bicyclic) bond motifs is 1. The molecule has 0 N–H and O–H groups in total. The van der Waals surface area contributed by atoms with Gasteiger partial charge >= 0.3 is 11.9 Å². The molecule has 152 valence electrons. The van der Waals surface area contributed by atoms with Gasteiger partial charge in [0.15, 0.2) is 0 Å². The van der Waals surface area contributed by atoms with Crippen LogP contribution in [0.3, 0.4) is 0 Å². The molecule has 0 spiro atoms. The SMILES string of the molecule is CCOC(=O)C(CC)n1cnc2sc(C(=O)OCc3ccccc3)c(C)c2c1=O. The summed E-state index contributed by atoms with van der Waals surface area (Å²) < 4.78 is 11.7. The standard InChI is InChI=1S/C21H22N2O5S/c1-4-15(20(25)27-5-2)23-12-22-18-16(19(23)24)13(3)17(29-18)21(26)28-11-14-9-7-6-8-10-14/h6-10,12,15H,4-5,11H2,1-3H3. The summed E-state index contributed by atoms with van der Waals surface area (Å²) in [5.74, 6) is -0.980. The molecule has 0 bridgehead atoms. The Balaban J connectivity index is 1.93. The van der Waals surface area contributed by atoms with Gasteiger partial charge in [0, 0.05) is 0 Å². The Morgan fingerprint density at radius 3 is 2.55 bits per heavy atom. The molecule has 8 heteroatoms. The zero-order chi connectivity index (χ0) is 21.0. The minimum absolute atomic E-state index is 0.145. The fourth-order valence-corrected chi connectivity index (χ4v) is 4.09. The molecule has 1 aromatic carbocycles. The molecule has 3 rings (SSSR count). The number of aromatic nitrogens is 2. The summed E-state index contributed by atoms with van der Waals surface area (Å²) in [6.45, 7) is 5.58. The first-order valence-corrected chi connectivity index (χ1v) is 10.2. The third-order valence-electron chi connectivity index (χ3n) is 4.56. The molecule has 7 nitrogen and oxygen atoms in total. The zero-order valence-electron chi connectivity index (χ0n) is 16.5. The maximum Gasteiger partial charge on any atom is 0.349 e. The second-order valence-corrected chi connectivity index (χ2v) is 7.43. The summed E-state index contributed by atoms with van der Waals surface area (Å²) in [4.78, 5) is 42.9. The van der Waals surface area contributed by atoms with Gasteiger partial charge in [-0.15, -0.1) is 11.3 Å². The smallest absolute Gasteiger partial charge is 0.349 e. The highest BCUT2D eigenvalue weighted by Crippen LogP contribution is 2.28. The van der Waals surface area contributed by atoms with Crippen LogP contribution in [0.2, 0.25) is 0 Å². The number of carbonyl (C=O) groups excluding carboxylic acids is 2. The second-order valence-electron chi connectivity index (χ2n) is 6.43. The first-order chi connectivity index (χ1) is 14.0. The average Bonchev–Trinajstić information content (AvgIpc) is 3.06. The maximum absolute atomic E-state index is 13.0. The van der Waals surface area contributed by atoms with Crippen molar-refractivity contribution in [2.75, 3.05) is 6.61 Å². The van der Waals surface area contributed by atoms with E-state index in [1.54, 1.807) is 20.8 Å². The fourth-order valence-electron chi connectivity index (χ4n) is 3.06. The molecule has 1 atom stereocenters. The number of aryl methyl sites for hydroxylation is 1. The highest BCUT2D eigenvalue weighted by Gasteiger charge is 2.25. The largest absolute Gasteiger partial charge is 0.464 e. The number of hydrogen-bond acceptors (Lipinski definition) is 7. The Kier molecular flexibility index (Phi) is 6.43. The summed E-state index contributed by atoms with van der Waals surface area (Å²) in [7, 11) is 0. The quantitative estimate of drug-likeness (QED) is 0.549. The number of ether oxygens (including phenoxy) is 2. The lowest BCUT2D eigenvalue weighted by Crippen LogP contribution is -2.31. The van der Waals surface area contributed by atoms with E-state index in [9.17, 15) is 14.4 Å². The van der Waals surface area contributed by atoms with Crippen molar-refractivity contribution in [1.29, 1.82) is 0 Å². The normalized spacial score (nSPS) is 12.0. The van der Waals surface area contributed by atoms with E-state index < -0.39 is 18.0 Å². The van der Waals surface area contributed by atoms with Crippen LogP contribution in [-0.4, -0.2) is 28.1 Å². The van der Waals surface area contributed by atoms with E-state index >= 15 is 0 Å². The van der Waals surface area contributed by atoms with E-state index in [1.807, 2.05) is 30.3 Å². The number of thiophene rings is 1. The molecule has 0 aliphatic heterocycles. The lowest BCUT2D eigenvalue weighted by molar-refractivity contribution is -0.147. The summed E-state index contributed by atoms with van der Waals surface area (Å²) in [6, 6.07) is 8.60. The van der Waals surface area contributed by atoms with E-state index in [1.165, 1.54) is 10.9 Å². The highest BCUT2D eigenvalue weighted by molar-refractivity contribution is 7.20. The van der Waals surface area contributed by atoms with Crippen molar-refractivity contribution < 1.29 is 19.1 Å². The Hall–Kier alpha value is -3.00. The summed E-state index contributed by atoms with van der Waals surface area (Å²) in [6.07, 6.45) is 1.73. The number of rotatable bonds is 7. The van der Waals surface area contributed by atoms with Gasteiger partial charge in [-0.25, -0.2) is 14.6 Å². The van der Waals surface area contributed by atoms with Crippen LogP contribution >= 0.6 is 11.3 Å². The van der Waals surface area contributed by atoms with Gasteiger partial charge in [0.25, 0.3) is 5.56 Å². The number of esters is 2. The lowest BCUT2D eigenvalue weighted by Gasteiger charge is -2.16. The van der Waals surface area contributed by atoms with Gasteiger partial charge in [-0.3, -0.25) is 9.36 Å². The van der Waals surface area contributed by atoms with Crippen LogP contribution in [0.1, 0.15) is 47.1 Å². The third-order valence-corrected chi connectivity index (χ3v) is 5.74. The van der Waals surface area contributed by atoms with Crippen molar-refractivity contribution in [1.82, 2.24) is 9.55 Å². The summed E-state index contributed by atoms with van der Waals surface area (Å²) in [5, 5.41) is 0.326. The van der Waals surface area contributed by atoms with Crippen molar-refractivity contribution in [3.8, 4) is 0 Å². The molecular formula is C21H22N2O5S. The zero-order valence-corrected chi connectivity index (χ0v) is 17.3. The van der Waals surface area contributed by atoms with Gasteiger partial charge in [0.05, 0.1) is 18.3 Å². The van der Waals surface area contributed by atoms with E-state index in [-0.39, 0.29) is 18.8 Å². The number of nitrogens with zero attached hydrogens (tertiary/aromatic N) is 2. The first kappa shape index (κ1) is 20.7. The predicted octanol–water partition coefficient (Wildman–Crippen LogP) is 3.64. The van der Waals surface area contributed by atoms with E-state index in [4.69, 9.17) is 9.47 Å². The van der Waals surface area contributed by atoms with Crippen LogP contribution < -0.4 is 5.56 Å². The van der Waals surface area contributed by atoms with E-state index in [0.29, 0.717) is 27.1 Å². The molecule has 1 unspecified atom stereocenters. The van der Waals surface area contributed by atoms with Gasteiger partial charge in [0.2, 0.25) is 0 Å². The lowest BCUT2D eigenvalue weighted by atomic mass is 10.2. The monoisotopic (exact) mass is 414 g/mol. The molecule has 0 saturated heterocycles. The number of benzene rings is 1. The topological polar surface area (TPSA) is 87.5 Å². The molecular weight excluding hydrogens is 392 g/mol. The Morgan fingerprint density at radius 1 is 1.17 bits per heavy atom. The Labute approximate surface area is 171 Å². The van der Waals surface area contributed by atoms with Crippen LogP contribution in [0, 0.1) is 6.92 Å². The molecule has 0 saturated carbocycles. The van der Waals surface area contributed by atoms with Gasteiger partial charge in [-0.05, 0) is 31.4 Å². The van der Waals surface area contributed by atoms with Crippen molar-refractivity contribution in [2.45, 2.75) is 39.8 Å². The maximum atomic E-state index is 13.0. The van der Waals surface area contributed by atoms with Crippen LogP contribution in [-0.2, 0) is 20.9 Å². The average molecular weight is 414 g/mol. The van der Waals surface area contributed by atoms with Crippen molar-refractivity contribution in [3.05, 3.63) is 63.0 Å². The Morgan fingerprint density at radius 2 is 1.90 bits per heavy atom. The highest BCUT2D eigenvalue weighted by atomic mass is 32.1. The minimum atomic E-state index is -0.757. The molecule has 0 radical (unpaired) electrons. The number of carbonyl (C=O) groups is 2. The molecule has 0 aliphatic carbocycles. The predicted molar refractivity (Wildman–Crippen MR) is 110 cm³/mol. The van der Waals surface area contributed by atoms with Gasteiger partial charge in [-0.1, -0.05) is 37.3 Å². The van der Waals surface area contributed by atoms with Gasteiger partial charge in [0.1, 0.15) is 22.4 Å². The summed E-state index contributed by atoms with van der Waals surface area (Å²) in [5.41, 5.74) is 1.01. The van der Waals surface area contributed by atoms with E-state index in [0.717, 1.165) is 16.9 Å². The van der Waals surface area contributed by atoms with Crippen LogP contribution in [0.25, 0.3) is 10.2 Å². The van der Waals surface area contributed by atoms with Crippen molar-refractivity contribution in [3.63, 3.8) is 0 Å². The van der Waals surface area contributed by atoms with Crippen LogP contribution in [0.4, 0.5) is 0 Å². The van der Waals surface area contributed by atoms with Crippen LogP contribution in [0.5, 0.6) is 0 Å². The molecule has 29 heavy (non-hydrogen) atoms.